The second-order valence-corrected chi connectivity index (χ2v) is 4.12. The molecule has 0 aliphatic carbocycles. The first kappa shape index (κ1) is 13.5. The monoisotopic (exact) mass is 235 g/mol. The Morgan fingerprint density at radius 3 is 2.65 bits per heavy atom. The smallest absolute Gasteiger partial charge is 0.251 e. The van der Waals surface area contributed by atoms with Crippen molar-refractivity contribution in [1.29, 1.82) is 0 Å². The average Bonchev–Trinajstić information content (AvgIpc) is 2.37. The molecule has 0 aromatic carbocycles. The first-order chi connectivity index (χ1) is 8.10. The molecule has 0 bridgehead atoms. The van der Waals surface area contributed by atoms with E-state index in [9.17, 15) is 4.79 Å². The first-order valence-electron chi connectivity index (χ1n) is 6.10. The van der Waals surface area contributed by atoms with Crippen LogP contribution < -0.4 is 10.6 Å². The van der Waals surface area contributed by atoms with Crippen LogP contribution >= 0.6 is 0 Å². The zero-order chi connectivity index (χ0) is 12.8. The van der Waals surface area contributed by atoms with Gasteiger partial charge in [0.2, 0.25) is 0 Å². The summed E-state index contributed by atoms with van der Waals surface area (Å²) in [5, 5.41) is 5.93. The van der Waals surface area contributed by atoms with E-state index < -0.39 is 0 Å². The number of carbonyl (C=O) groups is 1. The van der Waals surface area contributed by atoms with Gasteiger partial charge in [0, 0.05) is 24.3 Å². The van der Waals surface area contributed by atoms with E-state index in [1.165, 1.54) is 0 Å². The molecule has 0 aliphatic rings. The zero-order valence-electron chi connectivity index (χ0n) is 11.0. The second-order valence-electron chi connectivity index (χ2n) is 4.12. The average molecular weight is 235 g/mol. The fourth-order valence-electron chi connectivity index (χ4n) is 1.44. The Labute approximate surface area is 103 Å². The lowest BCUT2D eigenvalue weighted by atomic mass is 10.1. The number of hydrogen-bond donors (Lipinski definition) is 2. The molecular weight excluding hydrogens is 214 g/mol. The van der Waals surface area contributed by atoms with Crippen LogP contribution in [0, 0.1) is 0 Å². The normalized spacial score (nSPS) is 12.0. The van der Waals surface area contributed by atoms with Crippen LogP contribution in [0.2, 0.25) is 0 Å². The number of nitrogens with one attached hydrogen (secondary N) is 2. The fraction of sp³-hybridized carbons (Fsp3) is 0.538. The van der Waals surface area contributed by atoms with Crippen LogP contribution in [0.1, 0.15) is 43.2 Å². The van der Waals surface area contributed by atoms with E-state index in [2.05, 4.69) is 15.6 Å². The van der Waals surface area contributed by atoms with Gasteiger partial charge in [-0.25, -0.2) is 4.98 Å². The Hall–Kier alpha value is -1.58. The summed E-state index contributed by atoms with van der Waals surface area (Å²) in [7, 11) is 1.80. The van der Waals surface area contributed by atoms with Crippen LogP contribution in [0.4, 0.5) is 5.82 Å². The molecule has 4 heteroatoms. The van der Waals surface area contributed by atoms with E-state index >= 15 is 0 Å². The van der Waals surface area contributed by atoms with E-state index in [-0.39, 0.29) is 11.9 Å². The molecule has 2 N–H and O–H groups in total. The van der Waals surface area contributed by atoms with Gasteiger partial charge in [-0.1, -0.05) is 13.8 Å². The number of pyridine rings is 1. The predicted octanol–water partition coefficient (Wildman–Crippen LogP) is 2.21. The minimum Gasteiger partial charge on any atom is -0.373 e. The summed E-state index contributed by atoms with van der Waals surface area (Å²) in [5.41, 5.74) is 1.59. The van der Waals surface area contributed by atoms with Gasteiger partial charge in [-0.2, -0.15) is 0 Å². The van der Waals surface area contributed by atoms with Gasteiger partial charge >= 0.3 is 0 Å². The quantitative estimate of drug-likeness (QED) is 0.822. The Balaban J connectivity index is 2.92. The molecular formula is C13H21N3O. The predicted molar refractivity (Wildman–Crippen MR) is 70.4 cm³/mol. The zero-order valence-corrected chi connectivity index (χ0v) is 11.0. The maximum absolute atomic E-state index is 12.0. The van der Waals surface area contributed by atoms with Crippen molar-refractivity contribution in [2.45, 2.75) is 39.7 Å². The molecule has 1 unspecified atom stereocenters. The summed E-state index contributed by atoms with van der Waals surface area (Å²) in [6.07, 6.45) is 1.75. The molecule has 0 radical (unpaired) electrons. The number of anilines is 1. The van der Waals surface area contributed by atoms with E-state index in [1.54, 1.807) is 13.1 Å². The lowest BCUT2D eigenvalue weighted by Gasteiger charge is -2.12. The second kappa shape index (κ2) is 6.23. The van der Waals surface area contributed by atoms with Gasteiger partial charge < -0.3 is 10.6 Å². The molecule has 0 saturated heterocycles. The van der Waals surface area contributed by atoms with Crippen molar-refractivity contribution in [3.63, 3.8) is 0 Å². The SMILES string of the molecule is CCc1cc(C(=O)NC(C)CC)cc(NC)n1. The fourth-order valence-corrected chi connectivity index (χ4v) is 1.44. The molecule has 0 aliphatic heterocycles. The number of hydrogen-bond acceptors (Lipinski definition) is 3. The number of amides is 1. The Morgan fingerprint density at radius 1 is 1.41 bits per heavy atom. The minimum absolute atomic E-state index is 0.0343. The van der Waals surface area contributed by atoms with Crippen molar-refractivity contribution < 1.29 is 4.79 Å². The largest absolute Gasteiger partial charge is 0.373 e. The van der Waals surface area contributed by atoms with E-state index in [0.717, 1.165) is 24.4 Å². The highest BCUT2D eigenvalue weighted by Gasteiger charge is 2.10. The summed E-state index contributed by atoms with van der Waals surface area (Å²) >= 11 is 0. The summed E-state index contributed by atoms with van der Waals surface area (Å²) in [5.74, 6) is 0.701. The highest BCUT2D eigenvalue weighted by Crippen LogP contribution is 2.11. The van der Waals surface area contributed by atoms with Crippen molar-refractivity contribution in [1.82, 2.24) is 10.3 Å². The van der Waals surface area contributed by atoms with Crippen molar-refractivity contribution in [3.8, 4) is 0 Å². The van der Waals surface area contributed by atoms with Crippen LogP contribution in [0.3, 0.4) is 0 Å². The summed E-state index contributed by atoms with van der Waals surface area (Å²) < 4.78 is 0. The molecule has 1 atom stereocenters. The van der Waals surface area contributed by atoms with Gasteiger partial charge in [-0.05, 0) is 31.9 Å². The minimum atomic E-state index is -0.0343. The van der Waals surface area contributed by atoms with E-state index in [0.29, 0.717) is 5.56 Å². The van der Waals surface area contributed by atoms with E-state index in [4.69, 9.17) is 0 Å². The molecule has 0 saturated carbocycles. The topological polar surface area (TPSA) is 54.0 Å². The van der Waals surface area contributed by atoms with Gasteiger partial charge in [0.05, 0.1) is 0 Å². The van der Waals surface area contributed by atoms with Crippen LogP contribution in [0.15, 0.2) is 12.1 Å². The van der Waals surface area contributed by atoms with Gasteiger partial charge in [0.1, 0.15) is 5.82 Å². The van der Waals surface area contributed by atoms with E-state index in [1.807, 2.05) is 26.8 Å². The summed E-state index contributed by atoms with van der Waals surface area (Å²) in [6, 6.07) is 3.81. The van der Waals surface area contributed by atoms with Crippen molar-refractivity contribution in [2.24, 2.45) is 0 Å². The third-order valence-electron chi connectivity index (χ3n) is 2.75. The lowest BCUT2D eigenvalue weighted by Crippen LogP contribution is -2.32. The molecule has 0 fully saturated rings. The maximum Gasteiger partial charge on any atom is 0.251 e. The number of rotatable bonds is 5. The van der Waals surface area contributed by atoms with Crippen molar-refractivity contribution in [2.75, 3.05) is 12.4 Å². The summed E-state index contributed by atoms with van der Waals surface area (Å²) in [6.45, 7) is 6.07. The van der Waals surface area contributed by atoms with Gasteiger partial charge in [-0.3, -0.25) is 4.79 Å². The molecule has 17 heavy (non-hydrogen) atoms. The van der Waals surface area contributed by atoms with Crippen LogP contribution in [0.5, 0.6) is 0 Å². The Morgan fingerprint density at radius 2 is 2.12 bits per heavy atom. The standard InChI is InChI=1S/C13H21N3O/c1-5-9(3)15-13(17)10-7-11(6-2)16-12(8-10)14-4/h7-9H,5-6H2,1-4H3,(H,14,16)(H,15,17). The highest BCUT2D eigenvalue weighted by atomic mass is 16.1. The van der Waals surface area contributed by atoms with Gasteiger partial charge in [-0.15, -0.1) is 0 Å². The Bertz CT molecular complexity index is 368. The third kappa shape index (κ3) is 3.73. The lowest BCUT2D eigenvalue weighted by molar-refractivity contribution is 0.0939. The van der Waals surface area contributed by atoms with Crippen molar-refractivity contribution >= 4 is 11.7 Å². The maximum atomic E-state index is 12.0. The molecule has 1 aromatic heterocycles. The summed E-state index contributed by atoms with van der Waals surface area (Å²) in [4.78, 5) is 16.3. The molecule has 4 nitrogen and oxygen atoms in total. The number of nitrogens with zero attached hydrogens (tertiary/aromatic N) is 1. The molecule has 1 rings (SSSR count). The van der Waals surface area contributed by atoms with Gasteiger partial charge in [0.25, 0.3) is 5.91 Å². The Kier molecular flexibility index (Phi) is 4.94. The molecule has 0 spiro atoms. The molecule has 94 valence electrons. The molecule has 1 amide bonds. The van der Waals surface area contributed by atoms with Gasteiger partial charge in [0.15, 0.2) is 0 Å². The first-order valence-corrected chi connectivity index (χ1v) is 6.10. The van der Waals surface area contributed by atoms with Crippen LogP contribution in [-0.4, -0.2) is 24.0 Å². The number of aryl methyl sites for hydroxylation is 1. The number of carbonyl (C=O) groups excluding carboxylic acids is 1. The van der Waals surface area contributed by atoms with Crippen LogP contribution in [0.25, 0.3) is 0 Å². The third-order valence-corrected chi connectivity index (χ3v) is 2.75. The van der Waals surface area contributed by atoms with Crippen molar-refractivity contribution in [3.05, 3.63) is 23.4 Å². The highest BCUT2D eigenvalue weighted by molar-refractivity contribution is 5.95. The molecule has 1 heterocycles. The van der Waals surface area contributed by atoms with Crippen LogP contribution in [-0.2, 0) is 6.42 Å². The number of aromatic nitrogens is 1. The molecule has 1 aromatic rings.